The van der Waals surface area contributed by atoms with E-state index in [4.69, 9.17) is 5.73 Å². The molecular weight excluding hydrogens is 240 g/mol. The van der Waals surface area contributed by atoms with Gasteiger partial charge in [0.1, 0.15) is 0 Å². The fourth-order valence-corrected chi connectivity index (χ4v) is 2.07. The summed E-state index contributed by atoms with van der Waals surface area (Å²) in [5.74, 6) is -0.712. The number of aromatic nitrogens is 1. The summed E-state index contributed by atoms with van der Waals surface area (Å²) in [4.78, 5) is 26.4. The molecule has 0 aliphatic carbocycles. The topological polar surface area (TPSA) is 97.1 Å². The molecule has 7 heteroatoms. The first-order chi connectivity index (χ1) is 8.06. The molecule has 0 radical (unpaired) electrons. The molecule has 1 aromatic heterocycles. The molecule has 0 saturated heterocycles. The Bertz CT molecular complexity index is 593. The first-order valence-corrected chi connectivity index (χ1v) is 5.61. The number of fused-ring (bicyclic) bond motifs is 1. The molecule has 0 fully saturated rings. The molecule has 2 amide bonds. The van der Waals surface area contributed by atoms with Crippen molar-refractivity contribution < 1.29 is 9.59 Å². The van der Waals surface area contributed by atoms with Crippen molar-refractivity contribution in [1.82, 2.24) is 15.8 Å². The van der Waals surface area contributed by atoms with Crippen molar-refractivity contribution in [2.45, 2.75) is 6.92 Å². The van der Waals surface area contributed by atoms with Gasteiger partial charge in [-0.15, -0.1) is 0 Å². The zero-order valence-electron chi connectivity index (χ0n) is 8.98. The molecule has 0 atom stereocenters. The Morgan fingerprint density at radius 2 is 2.12 bits per heavy atom. The number of thiazole rings is 1. The predicted molar refractivity (Wildman–Crippen MR) is 65.3 cm³/mol. The smallest absolute Gasteiger partial charge is 0.269 e. The number of carbonyl (C=O) groups excluding carboxylic acids is 2. The van der Waals surface area contributed by atoms with E-state index < -0.39 is 0 Å². The van der Waals surface area contributed by atoms with Crippen LogP contribution in [0.15, 0.2) is 18.2 Å². The van der Waals surface area contributed by atoms with Crippen molar-refractivity contribution in [1.29, 1.82) is 0 Å². The average molecular weight is 250 g/mol. The van der Waals surface area contributed by atoms with Crippen molar-refractivity contribution in [2.75, 3.05) is 5.73 Å². The largest absolute Gasteiger partial charge is 0.375 e. The zero-order chi connectivity index (χ0) is 12.4. The highest BCUT2D eigenvalue weighted by Crippen LogP contribution is 2.24. The van der Waals surface area contributed by atoms with E-state index in [9.17, 15) is 9.59 Å². The van der Waals surface area contributed by atoms with Crippen molar-refractivity contribution in [3.63, 3.8) is 0 Å². The number of hydrogen-bond acceptors (Lipinski definition) is 5. The molecule has 1 aromatic carbocycles. The van der Waals surface area contributed by atoms with E-state index in [1.54, 1.807) is 18.2 Å². The molecule has 0 saturated carbocycles. The predicted octanol–water partition coefficient (Wildman–Crippen LogP) is 0.659. The lowest BCUT2D eigenvalue weighted by Crippen LogP contribution is -2.40. The molecule has 17 heavy (non-hydrogen) atoms. The molecule has 0 bridgehead atoms. The fourth-order valence-electron chi connectivity index (χ4n) is 1.30. The number of rotatable bonds is 1. The first kappa shape index (κ1) is 11.3. The number of anilines is 1. The number of nitrogen functional groups attached to an aromatic ring is 1. The van der Waals surface area contributed by atoms with Crippen molar-refractivity contribution >= 4 is 38.5 Å². The summed E-state index contributed by atoms with van der Waals surface area (Å²) in [5, 5.41) is 0.458. The van der Waals surface area contributed by atoms with Crippen LogP contribution in [0.3, 0.4) is 0 Å². The second kappa shape index (κ2) is 4.38. The summed E-state index contributed by atoms with van der Waals surface area (Å²) in [5.41, 5.74) is 11.3. The Morgan fingerprint density at radius 3 is 2.82 bits per heavy atom. The number of nitrogens with two attached hydrogens (primary N) is 1. The normalized spacial score (nSPS) is 10.2. The molecular formula is C10H10N4O2S. The van der Waals surface area contributed by atoms with E-state index >= 15 is 0 Å². The van der Waals surface area contributed by atoms with Gasteiger partial charge in [-0.3, -0.25) is 20.4 Å². The van der Waals surface area contributed by atoms with Gasteiger partial charge in [0.05, 0.1) is 10.2 Å². The standard InChI is InChI=1S/C10H10N4O2S/c1-5(15)13-14-9(16)6-2-3-7-8(4-6)17-10(11)12-7/h2-4H,1H3,(H2,11,12)(H,13,15)(H,14,16). The van der Waals surface area contributed by atoms with Gasteiger partial charge >= 0.3 is 0 Å². The summed E-state index contributed by atoms with van der Waals surface area (Å²) in [6, 6.07) is 5.02. The second-order valence-electron chi connectivity index (χ2n) is 3.37. The van der Waals surface area contributed by atoms with E-state index in [1.807, 2.05) is 0 Å². The van der Waals surface area contributed by atoms with E-state index in [0.29, 0.717) is 10.7 Å². The third kappa shape index (κ3) is 2.51. The van der Waals surface area contributed by atoms with E-state index in [0.717, 1.165) is 10.2 Å². The van der Waals surface area contributed by atoms with Gasteiger partial charge in [-0.1, -0.05) is 11.3 Å². The summed E-state index contributed by atoms with van der Waals surface area (Å²) in [7, 11) is 0. The molecule has 0 aliphatic heterocycles. The minimum absolute atomic E-state index is 0.332. The van der Waals surface area contributed by atoms with Crippen LogP contribution in [0.5, 0.6) is 0 Å². The maximum absolute atomic E-state index is 11.6. The number of hydrazine groups is 1. The second-order valence-corrected chi connectivity index (χ2v) is 4.43. The molecule has 6 nitrogen and oxygen atoms in total. The van der Waals surface area contributed by atoms with Gasteiger partial charge in [0.25, 0.3) is 5.91 Å². The molecule has 0 aliphatic rings. The molecule has 2 aromatic rings. The van der Waals surface area contributed by atoms with E-state index in [-0.39, 0.29) is 11.8 Å². The Morgan fingerprint density at radius 1 is 1.35 bits per heavy atom. The summed E-state index contributed by atoms with van der Waals surface area (Å²) in [6.07, 6.45) is 0. The zero-order valence-corrected chi connectivity index (χ0v) is 9.80. The van der Waals surface area contributed by atoms with Crippen LogP contribution in [-0.4, -0.2) is 16.8 Å². The van der Waals surface area contributed by atoms with Crippen molar-refractivity contribution in [2.24, 2.45) is 0 Å². The van der Waals surface area contributed by atoms with Crippen LogP contribution < -0.4 is 16.6 Å². The number of nitrogens with zero attached hydrogens (tertiary/aromatic N) is 1. The number of nitrogens with one attached hydrogen (secondary N) is 2. The SMILES string of the molecule is CC(=O)NNC(=O)c1ccc2nc(N)sc2c1. The minimum atomic E-state index is -0.380. The lowest BCUT2D eigenvalue weighted by Gasteiger charge is -2.04. The van der Waals surface area contributed by atoms with Gasteiger partial charge in [-0.25, -0.2) is 4.98 Å². The molecule has 1 heterocycles. The van der Waals surface area contributed by atoms with Gasteiger partial charge in [0.2, 0.25) is 5.91 Å². The van der Waals surface area contributed by atoms with Crippen molar-refractivity contribution in [3.8, 4) is 0 Å². The van der Waals surface area contributed by atoms with Crippen LogP contribution in [-0.2, 0) is 4.79 Å². The maximum atomic E-state index is 11.6. The average Bonchev–Trinajstić information content (AvgIpc) is 2.64. The van der Waals surface area contributed by atoms with Gasteiger partial charge in [-0.05, 0) is 18.2 Å². The Balaban J connectivity index is 2.23. The van der Waals surface area contributed by atoms with Crippen LogP contribution in [0.4, 0.5) is 5.13 Å². The van der Waals surface area contributed by atoms with Gasteiger partial charge < -0.3 is 5.73 Å². The van der Waals surface area contributed by atoms with Crippen LogP contribution in [0.1, 0.15) is 17.3 Å². The van der Waals surface area contributed by atoms with Gasteiger partial charge in [0, 0.05) is 12.5 Å². The van der Waals surface area contributed by atoms with Crippen LogP contribution in [0.25, 0.3) is 10.2 Å². The summed E-state index contributed by atoms with van der Waals surface area (Å²) >= 11 is 1.31. The molecule has 4 N–H and O–H groups in total. The Kier molecular flexibility index (Phi) is 2.92. The van der Waals surface area contributed by atoms with Crippen LogP contribution in [0, 0.1) is 0 Å². The highest BCUT2D eigenvalue weighted by molar-refractivity contribution is 7.22. The van der Waals surface area contributed by atoms with E-state index in [2.05, 4.69) is 15.8 Å². The number of benzene rings is 1. The monoisotopic (exact) mass is 250 g/mol. The maximum Gasteiger partial charge on any atom is 0.269 e. The molecule has 0 unspecified atom stereocenters. The molecule has 88 valence electrons. The quantitative estimate of drug-likeness (QED) is 0.648. The highest BCUT2D eigenvalue weighted by atomic mass is 32.1. The number of amides is 2. The lowest BCUT2D eigenvalue weighted by molar-refractivity contribution is -0.119. The Labute approximate surface area is 101 Å². The van der Waals surface area contributed by atoms with Crippen LogP contribution >= 0.6 is 11.3 Å². The fraction of sp³-hybridized carbons (Fsp3) is 0.100. The van der Waals surface area contributed by atoms with Crippen LogP contribution in [0.2, 0.25) is 0 Å². The van der Waals surface area contributed by atoms with Gasteiger partial charge in [-0.2, -0.15) is 0 Å². The number of hydrogen-bond donors (Lipinski definition) is 3. The van der Waals surface area contributed by atoms with Gasteiger partial charge in [0.15, 0.2) is 5.13 Å². The molecule has 2 rings (SSSR count). The summed E-state index contributed by atoms with van der Waals surface area (Å²) in [6.45, 7) is 1.31. The lowest BCUT2D eigenvalue weighted by atomic mass is 10.2. The van der Waals surface area contributed by atoms with Crippen molar-refractivity contribution in [3.05, 3.63) is 23.8 Å². The summed E-state index contributed by atoms with van der Waals surface area (Å²) < 4.78 is 0.831. The van der Waals surface area contributed by atoms with E-state index in [1.165, 1.54) is 18.3 Å². The highest BCUT2D eigenvalue weighted by Gasteiger charge is 2.08. The molecule has 0 spiro atoms. The minimum Gasteiger partial charge on any atom is -0.375 e. The Hall–Kier alpha value is -2.15. The third-order valence-electron chi connectivity index (χ3n) is 2.02. The third-order valence-corrected chi connectivity index (χ3v) is 2.87. The number of carbonyl (C=O) groups is 2. The first-order valence-electron chi connectivity index (χ1n) is 4.79.